The van der Waals surface area contributed by atoms with Gasteiger partial charge in [-0.3, -0.25) is 4.79 Å². The first-order valence-electron chi connectivity index (χ1n) is 6.97. The second-order valence-electron chi connectivity index (χ2n) is 4.47. The molecule has 1 aliphatic rings. The summed E-state index contributed by atoms with van der Waals surface area (Å²) in [5, 5.41) is 0. The summed E-state index contributed by atoms with van der Waals surface area (Å²) < 4.78 is 0. The Hall–Kier alpha value is -0.530. The van der Waals surface area contributed by atoms with Crippen LogP contribution >= 0.6 is 0 Å². The number of amides is 1. The van der Waals surface area contributed by atoms with Gasteiger partial charge in [0.15, 0.2) is 0 Å². The Balaban J connectivity index is 0.00000106. The molecule has 0 aliphatic heterocycles. The van der Waals surface area contributed by atoms with Crippen LogP contribution < -0.4 is 0 Å². The van der Waals surface area contributed by atoms with E-state index in [2.05, 4.69) is 20.8 Å². The number of rotatable bonds is 3. The number of carbonyl (C=O) groups is 1. The molecule has 96 valence electrons. The summed E-state index contributed by atoms with van der Waals surface area (Å²) in [6.07, 6.45) is 4.68. The normalized spacial score (nSPS) is 24.3. The first-order valence-corrected chi connectivity index (χ1v) is 6.97. The van der Waals surface area contributed by atoms with Gasteiger partial charge in [0.25, 0.3) is 0 Å². The minimum atomic E-state index is 0.325. The molecule has 1 aliphatic carbocycles. The van der Waals surface area contributed by atoms with Crippen molar-refractivity contribution in [3.05, 3.63) is 0 Å². The van der Waals surface area contributed by atoms with E-state index in [-0.39, 0.29) is 0 Å². The molecule has 1 saturated carbocycles. The highest BCUT2D eigenvalue weighted by molar-refractivity contribution is 5.78. The topological polar surface area (TPSA) is 20.3 Å². The first-order chi connectivity index (χ1) is 7.69. The maximum Gasteiger partial charge on any atom is 0.225 e. The van der Waals surface area contributed by atoms with Crippen LogP contribution in [0.15, 0.2) is 0 Å². The van der Waals surface area contributed by atoms with Crippen molar-refractivity contribution in [1.82, 2.24) is 4.90 Å². The Morgan fingerprint density at radius 2 is 1.50 bits per heavy atom. The predicted octanol–water partition coefficient (Wildman–Crippen LogP) is 3.71. The van der Waals surface area contributed by atoms with Crippen molar-refractivity contribution in [2.75, 3.05) is 13.1 Å². The number of hydrogen-bond donors (Lipinski definition) is 0. The van der Waals surface area contributed by atoms with Crippen molar-refractivity contribution in [2.24, 2.45) is 11.8 Å². The van der Waals surface area contributed by atoms with Gasteiger partial charge in [0, 0.05) is 19.0 Å². The molecule has 0 bridgehead atoms. The van der Waals surface area contributed by atoms with Gasteiger partial charge in [0.05, 0.1) is 0 Å². The van der Waals surface area contributed by atoms with Crippen LogP contribution in [0.2, 0.25) is 0 Å². The van der Waals surface area contributed by atoms with E-state index in [4.69, 9.17) is 0 Å². The summed E-state index contributed by atoms with van der Waals surface area (Å²) in [5.41, 5.74) is 0. The van der Waals surface area contributed by atoms with Crippen molar-refractivity contribution in [2.45, 2.75) is 60.3 Å². The Morgan fingerprint density at radius 3 is 1.88 bits per heavy atom. The van der Waals surface area contributed by atoms with Crippen LogP contribution in [-0.2, 0) is 4.79 Å². The average Bonchev–Trinajstić information content (AvgIpc) is 2.34. The Bertz CT molecular complexity index is 179. The maximum atomic E-state index is 12.0. The molecule has 0 N–H and O–H groups in total. The van der Waals surface area contributed by atoms with E-state index < -0.39 is 0 Å². The summed E-state index contributed by atoms with van der Waals surface area (Å²) in [6.45, 7) is 12.1. The van der Waals surface area contributed by atoms with E-state index >= 15 is 0 Å². The highest BCUT2D eigenvalue weighted by Gasteiger charge is 2.26. The van der Waals surface area contributed by atoms with Gasteiger partial charge >= 0.3 is 0 Å². The third kappa shape index (κ3) is 4.54. The summed E-state index contributed by atoms with van der Waals surface area (Å²) in [4.78, 5) is 14.0. The van der Waals surface area contributed by atoms with E-state index in [1.165, 1.54) is 12.8 Å². The summed E-state index contributed by atoms with van der Waals surface area (Å²) >= 11 is 0. The minimum Gasteiger partial charge on any atom is -0.343 e. The van der Waals surface area contributed by atoms with E-state index in [1.807, 2.05) is 18.7 Å². The van der Waals surface area contributed by atoms with E-state index in [1.54, 1.807) is 0 Å². The molecule has 0 heterocycles. The van der Waals surface area contributed by atoms with Gasteiger partial charge in [-0.2, -0.15) is 0 Å². The predicted molar refractivity (Wildman–Crippen MR) is 70.4 cm³/mol. The Kier molecular flexibility index (Phi) is 8.32. The van der Waals surface area contributed by atoms with Crippen molar-refractivity contribution in [1.29, 1.82) is 0 Å². The zero-order valence-corrected chi connectivity index (χ0v) is 11.8. The lowest BCUT2D eigenvalue weighted by Gasteiger charge is -2.29. The molecule has 0 aromatic heterocycles. The average molecular weight is 227 g/mol. The molecule has 0 spiro atoms. The molecule has 0 unspecified atom stereocenters. The van der Waals surface area contributed by atoms with Gasteiger partial charge in [0.2, 0.25) is 5.91 Å². The summed E-state index contributed by atoms with van der Waals surface area (Å²) in [7, 11) is 0. The molecule has 0 aromatic carbocycles. The highest BCUT2D eigenvalue weighted by atomic mass is 16.2. The third-order valence-electron chi connectivity index (χ3n) is 3.44. The smallest absolute Gasteiger partial charge is 0.225 e. The molecule has 16 heavy (non-hydrogen) atoms. The molecule has 0 radical (unpaired) electrons. The fourth-order valence-corrected chi connectivity index (χ4v) is 2.30. The molecule has 1 fully saturated rings. The molecule has 2 heteroatoms. The zero-order chi connectivity index (χ0) is 12.6. The van der Waals surface area contributed by atoms with Crippen LogP contribution in [0.25, 0.3) is 0 Å². The van der Waals surface area contributed by atoms with Crippen molar-refractivity contribution in [3.63, 3.8) is 0 Å². The van der Waals surface area contributed by atoms with Crippen LogP contribution in [0.5, 0.6) is 0 Å². The van der Waals surface area contributed by atoms with Crippen LogP contribution in [0.3, 0.4) is 0 Å². The van der Waals surface area contributed by atoms with Gasteiger partial charge < -0.3 is 4.90 Å². The largest absolute Gasteiger partial charge is 0.343 e. The third-order valence-corrected chi connectivity index (χ3v) is 3.44. The quantitative estimate of drug-likeness (QED) is 0.720. The monoisotopic (exact) mass is 227 g/mol. The van der Waals surface area contributed by atoms with Gasteiger partial charge in [-0.15, -0.1) is 0 Å². The first kappa shape index (κ1) is 15.5. The molecular formula is C14H29NO. The van der Waals surface area contributed by atoms with Crippen molar-refractivity contribution >= 4 is 5.91 Å². The van der Waals surface area contributed by atoms with E-state index in [0.29, 0.717) is 11.8 Å². The molecule has 2 nitrogen and oxygen atoms in total. The molecular weight excluding hydrogens is 198 g/mol. The molecule has 0 atom stereocenters. The number of nitrogens with zero attached hydrogens (tertiary/aromatic N) is 1. The maximum absolute atomic E-state index is 12.0. The van der Waals surface area contributed by atoms with Gasteiger partial charge in [-0.25, -0.2) is 0 Å². The van der Waals surface area contributed by atoms with E-state index in [9.17, 15) is 4.79 Å². The van der Waals surface area contributed by atoms with Crippen molar-refractivity contribution in [3.8, 4) is 0 Å². The second-order valence-corrected chi connectivity index (χ2v) is 4.47. The molecule has 1 amide bonds. The summed E-state index contributed by atoms with van der Waals surface area (Å²) in [6, 6.07) is 0. The lowest BCUT2D eigenvalue weighted by Crippen LogP contribution is -2.37. The SMILES string of the molecule is CC.CCN(CC)C(=O)C1CCC(C)CC1. The van der Waals surface area contributed by atoms with Crippen LogP contribution in [0, 0.1) is 11.8 Å². The van der Waals surface area contributed by atoms with Crippen LogP contribution in [0.4, 0.5) is 0 Å². The number of carbonyl (C=O) groups excluding carboxylic acids is 1. The van der Waals surface area contributed by atoms with Crippen LogP contribution in [-0.4, -0.2) is 23.9 Å². The molecule has 0 saturated heterocycles. The lowest BCUT2D eigenvalue weighted by atomic mass is 9.82. The minimum absolute atomic E-state index is 0.325. The van der Waals surface area contributed by atoms with Crippen molar-refractivity contribution < 1.29 is 4.79 Å². The zero-order valence-electron chi connectivity index (χ0n) is 11.8. The standard InChI is InChI=1S/C12H23NO.C2H6/c1-4-13(5-2)12(14)11-8-6-10(3)7-9-11;1-2/h10-11H,4-9H2,1-3H3;1-2H3. The van der Waals surface area contributed by atoms with E-state index in [0.717, 1.165) is 31.8 Å². The molecule has 1 rings (SSSR count). The lowest BCUT2D eigenvalue weighted by molar-refractivity contribution is -0.136. The molecule has 0 aromatic rings. The Morgan fingerprint density at radius 1 is 1.06 bits per heavy atom. The second kappa shape index (κ2) is 8.60. The van der Waals surface area contributed by atoms with Crippen LogP contribution in [0.1, 0.15) is 60.3 Å². The number of hydrogen-bond acceptors (Lipinski definition) is 1. The fourth-order valence-electron chi connectivity index (χ4n) is 2.30. The summed E-state index contributed by atoms with van der Waals surface area (Å²) in [5.74, 6) is 1.55. The fraction of sp³-hybridized carbons (Fsp3) is 0.929. The van der Waals surface area contributed by atoms with Gasteiger partial charge in [-0.05, 0) is 45.4 Å². The highest BCUT2D eigenvalue weighted by Crippen LogP contribution is 2.29. The van der Waals surface area contributed by atoms with Gasteiger partial charge in [-0.1, -0.05) is 20.8 Å². The van der Waals surface area contributed by atoms with Gasteiger partial charge in [0.1, 0.15) is 0 Å². The Labute approximate surface area is 101 Å².